The van der Waals surface area contributed by atoms with Gasteiger partial charge >= 0.3 is 0 Å². The Morgan fingerprint density at radius 3 is 2.83 bits per heavy atom. The van der Waals surface area contributed by atoms with Crippen LogP contribution in [-0.4, -0.2) is 26.9 Å². The van der Waals surface area contributed by atoms with Gasteiger partial charge in [0.15, 0.2) is 11.4 Å². The van der Waals surface area contributed by atoms with Gasteiger partial charge in [-0.05, 0) is 13.3 Å². The van der Waals surface area contributed by atoms with Crippen LogP contribution in [0.5, 0.6) is 0 Å². The van der Waals surface area contributed by atoms with Crippen LogP contribution in [0.1, 0.15) is 37.0 Å². The second-order valence-electron chi connectivity index (χ2n) is 4.03. The van der Waals surface area contributed by atoms with Crippen molar-refractivity contribution in [3.05, 3.63) is 18.0 Å². The van der Waals surface area contributed by atoms with Gasteiger partial charge in [0.1, 0.15) is 0 Å². The number of hydrogen-bond donors (Lipinski definition) is 2. The van der Waals surface area contributed by atoms with Crippen LogP contribution in [0.3, 0.4) is 0 Å². The maximum absolute atomic E-state index is 11.7. The average molecular weight is 246 g/mol. The number of hydrogen-bond acceptors (Lipinski definition) is 4. The summed E-state index contributed by atoms with van der Waals surface area (Å²) in [6.07, 6.45) is 4.17. The predicted molar refractivity (Wildman–Crippen MR) is 67.4 cm³/mol. The fourth-order valence-corrected chi connectivity index (χ4v) is 1.73. The largest absolute Gasteiger partial charge is 0.325 e. The molecule has 0 saturated heterocycles. The zero-order valence-corrected chi connectivity index (χ0v) is 10.3. The molecule has 0 unspecified atom stereocenters. The topological polar surface area (TPSA) is 87.7 Å². The molecule has 18 heavy (non-hydrogen) atoms. The molecule has 0 aliphatic carbocycles. The number of amides is 1. The van der Waals surface area contributed by atoms with Gasteiger partial charge in [-0.1, -0.05) is 6.92 Å². The van der Waals surface area contributed by atoms with Crippen LogP contribution in [0, 0.1) is 0 Å². The molecule has 0 aliphatic rings. The number of nitrogens with one attached hydrogen (secondary N) is 2. The number of carbonyl (C=O) groups is 2. The minimum atomic E-state index is -0.141. The molecule has 2 heterocycles. The number of H-pyrrole nitrogens is 1. The van der Waals surface area contributed by atoms with E-state index in [9.17, 15) is 9.59 Å². The summed E-state index contributed by atoms with van der Waals surface area (Å²) in [5.41, 5.74) is 1.43. The lowest BCUT2D eigenvalue weighted by atomic mass is 10.1. The minimum Gasteiger partial charge on any atom is -0.325 e. The highest BCUT2D eigenvalue weighted by Crippen LogP contribution is 2.25. The van der Waals surface area contributed by atoms with E-state index in [0.29, 0.717) is 28.7 Å². The molecule has 2 aromatic heterocycles. The number of pyridine rings is 1. The number of aromatic nitrogens is 3. The smallest absolute Gasteiger partial charge is 0.224 e. The number of ketones is 1. The lowest BCUT2D eigenvalue weighted by Crippen LogP contribution is -2.14. The molecule has 1 amide bonds. The van der Waals surface area contributed by atoms with Crippen molar-refractivity contribution in [2.24, 2.45) is 0 Å². The third kappa shape index (κ3) is 2.22. The Labute approximate surface area is 104 Å². The maximum atomic E-state index is 11.7. The van der Waals surface area contributed by atoms with Gasteiger partial charge in [0.2, 0.25) is 5.91 Å². The van der Waals surface area contributed by atoms with Gasteiger partial charge in [-0.15, -0.1) is 0 Å². The van der Waals surface area contributed by atoms with E-state index < -0.39 is 0 Å². The van der Waals surface area contributed by atoms with Crippen LogP contribution in [-0.2, 0) is 4.79 Å². The molecule has 0 aliphatic heterocycles. The number of aromatic amines is 1. The molecule has 0 radical (unpaired) electrons. The zero-order chi connectivity index (χ0) is 13.1. The van der Waals surface area contributed by atoms with Gasteiger partial charge in [0.25, 0.3) is 0 Å². The van der Waals surface area contributed by atoms with Crippen LogP contribution >= 0.6 is 0 Å². The molecule has 0 saturated carbocycles. The van der Waals surface area contributed by atoms with E-state index in [-0.39, 0.29) is 11.7 Å². The van der Waals surface area contributed by atoms with Crippen molar-refractivity contribution in [3.8, 4) is 0 Å². The maximum Gasteiger partial charge on any atom is 0.224 e. The van der Waals surface area contributed by atoms with Crippen LogP contribution in [0.2, 0.25) is 0 Å². The van der Waals surface area contributed by atoms with Gasteiger partial charge < -0.3 is 5.32 Å². The third-order valence-electron chi connectivity index (χ3n) is 2.60. The SMILES string of the molecule is CCCC(=O)Nc1c(C(C)=O)cnc2[nH]ncc12. The molecular weight excluding hydrogens is 232 g/mol. The third-order valence-corrected chi connectivity index (χ3v) is 2.60. The summed E-state index contributed by atoms with van der Waals surface area (Å²) in [6, 6.07) is 0. The van der Waals surface area contributed by atoms with Crippen molar-refractivity contribution in [2.75, 3.05) is 5.32 Å². The summed E-state index contributed by atoms with van der Waals surface area (Å²) in [6.45, 7) is 3.36. The molecule has 0 atom stereocenters. The summed E-state index contributed by atoms with van der Waals surface area (Å²) in [5, 5.41) is 9.98. The Balaban J connectivity index is 2.49. The number of nitrogens with zero attached hydrogens (tertiary/aromatic N) is 2. The lowest BCUT2D eigenvalue weighted by molar-refractivity contribution is -0.116. The van der Waals surface area contributed by atoms with Crippen LogP contribution in [0.25, 0.3) is 11.0 Å². The fourth-order valence-electron chi connectivity index (χ4n) is 1.73. The van der Waals surface area contributed by atoms with E-state index in [0.717, 1.165) is 6.42 Å². The average Bonchev–Trinajstić information content (AvgIpc) is 2.77. The first kappa shape index (κ1) is 12.2. The number of carbonyl (C=O) groups excluding carboxylic acids is 2. The van der Waals surface area contributed by atoms with E-state index in [1.165, 1.54) is 13.1 Å². The van der Waals surface area contributed by atoms with E-state index in [1.54, 1.807) is 6.20 Å². The number of anilines is 1. The van der Waals surface area contributed by atoms with Crippen LogP contribution in [0.4, 0.5) is 5.69 Å². The fraction of sp³-hybridized carbons (Fsp3) is 0.333. The summed E-state index contributed by atoms with van der Waals surface area (Å²) in [5.74, 6) is -0.258. The highest BCUT2D eigenvalue weighted by Gasteiger charge is 2.15. The molecule has 0 fully saturated rings. The minimum absolute atomic E-state index is 0.117. The first-order valence-corrected chi connectivity index (χ1v) is 5.76. The molecule has 2 aromatic rings. The van der Waals surface area contributed by atoms with Crippen molar-refractivity contribution in [1.82, 2.24) is 15.2 Å². The Kier molecular flexibility index (Phi) is 3.36. The Morgan fingerprint density at radius 2 is 2.17 bits per heavy atom. The molecule has 0 aromatic carbocycles. The van der Waals surface area contributed by atoms with Gasteiger partial charge in [0, 0.05) is 12.6 Å². The van der Waals surface area contributed by atoms with Gasteiger partial charge in [-0.3, -0.25) is 14.7 Å². The number of Topliss-reactive ketones (excluding diaryl/α,β-unsaturated/α-hetero) is 1. The standard InChI is InChI=1S/C12H14N4O2/c1-3-4-10(18)15-11-8(7(2)17)5-13-12-9(11)6-14-16-12/h5-6H,3-4H2,1-2H3,(H2,13,14,15,16,18). The van der Waals surface area contributed by atoms with E-state index in [2.05, 4.69) is 20.5 Å². The Hall–Kier alpha value is -2.24. The van der Waals surface area contributed by atoms with E-state index >= 15 is 0 Å². The zero-order valence-electron chi connectivity index (χ0n) is 10.3. The summed E-state index contributed by atoms with van der Waals surface area (Å²) < 4.78 is 0. The molecule has 2 rings (SSSR count). The van der Waals surface area contributed by atoms with Crippen LogP contribution in [0.15, 0.2) is 12.4 Å². The molecular formula is C12H14N4O2. The number of fused-ring (bicyclic) bond motifs is 1. The van der Waals surface area contributed by atoms with Crippen molar-refractivity contribution in [3.63, 3.8) is 0 Å². The lowest BCUT2D eigenvalue weighted by Gasteiger charge is -2.09. The molecule has 6 heteroatoms. The highest BCUT2D eigenvalue weighted by atomic mass is 16.1. The molecule has 0 bridgehead atoms. The van der Waals surface area contributed by atoms with Gasteiger partial charge in [-0.2, -0.15) is 5.10 Å². The molecule has 2 N–H and O–H groups in total. The van der Waals surface area contributed by atoms with Gasteiger partial charge in [-0.25, -0.2) is 4.98 Å². The molecule has 0 spiro atoms. The highest BCUT2D eigenvalue weighted by molar-refractivity contribution is 6.10. The summed E-state index contributed by atoms with van der Waals surface area (Å²) >= 11 is 0. The molecule has 94 valence electrons. The first-order valence-electron chi connectivity index (χ1n) is 5.76. The normalized spacial score (nSPS) is 10.6. The monoisotopic (exact) mass is 246 g/mol. The van der Waals surface area contributed by atoms with Crippen LogP contribution < -0.4 is 5.32 Å². The summed E-state index contributed by atoms with van der Waals surface area (Å²) in [4.78, 5) is 27.3. The van der Waals surface area contributed by atoms with Crippen molar-refractivity contribution in [2.45, 2.75) is 26.7 Å². The van der Waals surface area contributed by atoms with Crippen molar-refractivity contribution < 1.29 is 9.59 Å². The second kappa shape index (κ2) is 4.95. The molecule has 6 nitrogen and oxygen atoms in total. The first-order chi connectivity index (χ1) is 8.63. The van der Waals surface area contributed by atoms with E-state index in [1.807, 2.05) is 6.92 Å². The van der Waals surface area contributed by atoms with Crippen molar-refractivity contribution in [1.29, 1.82) is 0 Å². The Morgan fingerprint density at radius 1 is 1.39 bits per heavy atom. The van der Waals surface area contributed by atoms with E-state index in [4.69, 9.17) is 0 Å². The Bertz CT molecular complexity index is 603. The summed E-state index contributed by atoms with van der Waals surface area (Å²) in [7, 11) is 0. The quantitative estimate of drug-likeness (QED) is 0.806. The predicted octanol–water partition coefficient (Wildman–Crippen LogP) is 1.90. The second-order valence-corrected chi connectivity index (χ2v) is 4.03. The van der Waals surface area contributed by atoms with Gasteiger partial charge in [0.05, 0.1) is 22.8 Å². The van der Waals surface area contributed by atoms with Crippen molar-refractivity contribution >= 4 is 28.4 Å². The number of rotatable bonds is 4.